The summed E-state index contributed by atoms with van der Waals surface area (Å²) in [7, 11) is 0. The van der Waals surface area contributed by atoms with Crippen LogP contribution < -0.4 is 5.32 Å². The van der Waals surface area contributed by atoms with E-state index in [4.69, 9.17) is 0 Å². The first-order valence-electron chi connectivity index (χ1n) is 6.54. The number of rotatable bonds is 7. The Kier molecular flexibility index (Phi) is 6.19. The van der Waals surface area contributed by atoms with E-state index in [9.17, 15) is 5.11 Å². The topological polar surface area (TPSA) is 32.3 Å². The van der Waals surface area contributed by atoms with E-state index in [2.05, 4.69) is 57.3 Å². The van der Waals surface area contributed by atoms with Gasteiger partial charge in [-0.15, -0.1) is 11.8 Å². The molecule has 3 heteroatoms. The van der Waals surface area contributed by atoms with Crippen LogP contribution in [0.25, 0.3) is 0 Å². The van der Waals surface area contributed by atoms with Crippen LogP contribution in [0, 0.1) is 6.92 Å². The molecule has 1 atom stereocenters. The quantitative estimate of drug-likeness (QED) is 0.744. The molecule has 0 heterocycles. The monoisotopic (exact) mass is 267 g/mol. The van der Waals surface area contributed by atoms with Gasteiger partial charge in [-0.1, -0.05) is 32.0 Å². The average Bonchev–Trinajstić information content (AvgIpc) is 2.31. The van der Waals surface area contributed by atoms with E-state index in [1.54, 1.807) is 0 Å². The molecule has 0 bridgehead atoms. The second-order valence-electron chi connectivity index (χ2n) is 5.38. The third-order valence-electron chi connectivity index (χ3n) is 2.99. The maximum Gasteiger partial charge on any atom is 0.0610 e. The Hall–Kier alpha value is -0.510. The van der Waals surface area contributed by atoms with Crippen LogP contribution in [0.15, 0.2) is 29.2 Å². The van der Waals surface area contributed by atoms with Crippen LogP contribution in [0.1, 0.15) is 32.8 Å². The number of thioether (sulfide) groups is 1. The fraction of sp³-hybridized carbons (Fsp3) is 0.600. The molecule has 0 aliphatic rings. The van der Waals surface area contributed by atoms with E-state index in [-0.39, 0.29) is 12.1 Å². The number of aliphatic hydroxyl groups excluding tert-OH is 1. The highest BCUT2D eigenvalue weighted by atomic mass is 32.2. The van der Waals surface area contributed by atoms with Crippen LogP contribution >= 0.6 is 11.8 Å². The van der Waals surface area contributed by atoms with Crippen molar-refractivity contribution in [3.63, 3.8) is 0 Å². The molecule has 0 radical (unpaired) electrons. The summed E-state index contributed by atoms with van der Waals surface area (Å²) >= 11 is 1.87. The zero-order chi connectivity index (χ0) is 13.6. The molecular formula is C15H25NOS. The Bertz CT molecular complexity index is 367. The summed E-state index contributed by atoms with van der Waals surface area (Å²) in [4.78, 5) is 1.34. The highest BCUT2D eigenvalue weighted by Crippen LogP contribution is 2.24. The molecule has 1 aromatic rings. The SMILES string of the molecule is Cc1ccccc1SCCC(C)(CO)NC(C)C. The van der Waals surface area contributed by atoms with Crippen molar-refractivity contribution in [1.29, 1.82) is 0 Å². The standard InChI is InChI=1S/C15H25NOS/c1-12(2)16-15(4,11-17)9-10-18-14-8-6-5-7-13(14)3/h5-8,12,16-17H,9-11H2,1-4H3. The normalized spacial score (nSPS) is 14.8. The summed E-state index contributed by atoms with van der Waals surface area (Å²) in [5, 5.41) is 13.0. The summed E-state index contributed by atoms with van der Waals surface area (Å²) in [6, 6.07) is 8.84. The van der Waals surface area contributed by atoms with Crippen LogP contribution in [0.3, 0.4) is 0 Å². The van der Waals surface area contributed by atoms with Gasteiger partial charge >= 0.3 is 0 Å². The van der Waals surface area contributed by atoms with E-state index in [0.29, 0.717) is 6.04 Å². The second kappa shape index (κ2) is 7.17. The number of benzene rings is 1. The fourth-order valence-corrected chi connectivity index (χ4v) is 3.24. The lowest BCUT2D eigenvalue weighted by Gasteiger charge is -2.31. The van der Waals surface area contributed by atoms with Crippen LogP contribution in [0.5, 0.6) is 0 Å². The van der Waals surface area contributed by atoms with Gasteiger partial charge in [-0.05, 0) is 37.7 Å². The van der Waals surface area contributed by atoms with E-state index in [0.717, 1.165) is 12.2 Å². The van der Waals surface area contributed by atoms with Gasteiger partial charge < -0.3 is 10.4 Å². The minimum Gasteiger partial charge on any atom is -0.394 e. The van der Waals surface area contributed by atoms with Crippen molar-refractivity contribution in [3.8, 4) is 0 Å². The van der Waals surface area contributed by atoms with Crippen molar-refractivity contribution in [1.82, 2.24) is 5.32 Å². The Morgan fingerprint density at radius 2 is 2.00 bits per heavy atom. The van der Waals surface area contributed by atoms with Gasteiger partial charge in [0.1, 0.15) is 0 Å². The lowest BCUT2D eigenvalue weighted by Crippen LogP contribution is -2.49. The summed E-state index contributed by atoms with van der Waals surface area (Å²) in [6.07, 6.45) is 0.959. The fourth-order valence-electron chi connectivity index (χ4n) is 2.00. The highest BCUT2D eigenvalue weighted by Gasteiger charge is 2.23. The van der Waals surface area contributed by atoms with Gasteiger partial charge in [0.2, 0.25) is 0 Å². The zero-order valence-corrected chi connectivity index (χ0v) is 12.7. The Morgan fingerprint density at radius 3 is 2.56 bits per heavy atom. The molecule has 1 unspecified atom stereocenters. The number of nitrogens with one attached hydrogen (secondary N) is 1. The molecule has 0 aliphatic carbocycles. The molecule has 0 aliphatic heterocycles. The van der Waals surface area contributed by atoms with Crippen LogP contribution in [0.2, 0.25) is 0 Å². The second-order valence-corrected chi connectivity index (χ2v) is 6.52. The van der Waals surface area contributed by atoms with E-state index in [1.807, 2.05) is 11.8 Å². The van der Waals surface area contributed by atoms with Gasteiger partial charge in [0.05, 0.1) is 6.61 Å². The van der Waals surface area contributed by atoms with Crippen molar-refractivity contribution in [2.24, 2.45) is 0 Å². The number of hydrogen-bond donors (Lipinski definition) is 2. The number of hydrogen-bond acceptors (Lipinski definition) is 3. The van der Waals surface area contributed by atoms with E-state index >= 15 is 0 Å². The third-order valence-corrected chi connectivity index (χ3v) is 4.17. The van der Waals surface area contributed by atoms with Gasteiger partial charge in [-0.2, -0.15) is 0 Å². The Balaban J connectivity index is 2.47. The maximum atomic E-state index is 9.51. The smallest absolute Gasteiger partial charge is 0.0610 e. The number of aryl methyl sites for hydroxylation is 1. The van der Waals surface area contributed by atoms with Crippen molar-refractivity contribution < 1.29 is 5.11 Å². The van der Waals surface area contributed by atoms with Crippen molar-refractivity contribution in [2.75, 3.05) is 12.4 Å². The van der Waals surface area contributed by atoms with Gasteiger partial charge in [0.15, 0.2) is 0 Å². The Labute approximate surface area is 115 Å². The molecule has 0 fully saturated rings. The highest BCUT2D eigenvalue weighted by molar-refractivity contribution is 7.99. The third kappa shape index (κ3) is 5.01. The molecule has 0 saturated heterocycles. The van der Waals surface area contributed by atoms with Crippen LogP contribution in [-0.2, 0) is 0 Å². The summed E-state index contributed by atoms with van der Waals surface area (Å²) in [6.45, 7) is 8.63. The first-order chi connectivity index (χ1) is 8.47. The van der Waals surface area contributed by atoms with Gasteiger partial charge in [-0.3, -0.25) is 0 Å². The van der Waals surface area contributed by atoms with Gasteiger partial charge in [-0.25, -0.2) is 0 Å². The predicted octanol–water partition coefficient (Wildman–Crippen LogP) is 3.23. The molecule has 0 spiro atoms. The van der Waals surface area contributed by atoms with E-state index in [1.165, 1.54) is 10.5 Å². The lowest BCUT2D eigenvalue weighted by atomic mass is 9.99. The van der Waals surface area contributed by atoms with Crippen molar-refractivity contribution >= 4 is 11.8 Å². The van der Waals surface area contributed by atoms with Gasteiger partial charge in [0.25, 0.3) is 0 Å². The molecule has 2 nitrogen and oxygen atoms in total. The Morgan fingerprint density at radius 1 is 1.33 bits per heavy atom. The molecule has 102 valence electrons. The molecule has 2 N–H and O–H groups in total. The van der Waals surface area contributed by atoms with Gasteiger partial charge in [0, 0.05) is 16.5 Å². The minimum absolute atomic E-state index is 0.177. The molecular weight excluding hydrogens is 242 g/mol. The first kappa shape index (κ1) is 15.5. The van der Waals surface area contributed by atoms with Crippen LogP contribution in [-0.4, -0.2) is 29.0 Å². The molecule has 1 aromatic carbocycles. The zero-order valence-electron chi connectivity index (χ0n) is 11.9. The van der Waals surface area contributed by atoms with Crippen LogP contribution in [0.4, 0.5) is 0 Å². The first-order valence-corrected chi connectivity index (χ1v) is 7.52. The maximum absolute atomic E-state index is 9.51. The minimum atomic E-state index is -0.177. The summed E-state index contributed by atoms with van der Waals surface area (Å²) in [5.74, 6) is 1.02. The molecule has 0 aromatic heterocycles. The summed E-state index contributed by atoms with van der Waals surface area (Å²) < 4.78 is 0. The molecule has 1 rings (SSSR count). The van der Waals surface area contributed by atoms with Crippen molar-refractivity contribution in [3.05, 3.63) is 29.8 Å². The lowest BCUT2D eigenvalue weighted by molar-refractivity contribution is 0.162. The predicted molar refractivity (Wildman–Crippen MR) is 80.3 cm³/mol. The molecule has 0 amide bonds. The van der Waals surface area contributed by atoms with E-state index < -0.39 is 0 Å². The molecule has 18 heavy (non-hydrogen) atoms. The largest absolute Gasteiger partial charge is 0.394 e. The number of aliphatic hydroxyl groups is 1. The summed E-state index contributed by atoms with van der Waals surface area (Å²) in [5.41, 5.74) is 1.15. The molecule has 0 saturated carbocycles. The average molecular weight is 267 g/mol. The van der Waals surface area contributed by atoms with Crippen molar-refractivity contribution in [2.45, 2.75) is 50.6 Å².